The van der Waals surface area contributed by atoms with Crippen LogP contribution in [0.25, 0.3) is 0 Å². The Morgan fingerprint density at radius 1 is 1.26 bits per heavy atom. The number of rotatable bonds is 2. The largest absolute Gasteiger partial charge is 0.494 e. The van der Waals surface area contributed by atoms with E-state index in [2.05, 4.69) is 30.4 Å². The molecule has 1 fully saturated rings. The smallest absolute Gasteiger partial charge is 0.119 e. The predicted octanol–water partition coefficient (Wildman–Crippen LogP) is 4.71. The molecule has 0 bridgehead atoms. The summed E-state index contributed by atoms with van der Waals surface area (Å²) in [6.07, 6.45) is 8.12. The van der Waals surface area contributed by atoms with Crippen molar-refractivity contribution in [3.63, 3.8) is 0 Å². The SMILES string of the molecule is CCOc1ccc2c(c1)C(C)CC1(CCCCC1)N2. The van der Waals surface area contributed by atoms with E-state index in [1.165, 1.54) is 49.8 Å². The normalized spacial score (nSPS) is 24.6. The Kier molecular flexibility index (Phi) is 3.42. The van der Waals surface area contributed by atoms with Crippen molar-refractivity contribution in [3.05, 3.63) is 23.8 Å². The third-order valence-corrected chi connectivity index (χ3v) is 4.77. The molecule has 1 spiro atoms. The summed E-state index contributed by atoms with van der Waals surface area (Å²) >= 11 is 0. The van der Waals surface area contributed by atoms with Gasteiger partial charge in [0.1, 0.15) is 5.75 Å². The van der Waals surface area contributed by atoms with E-state index in [0.29, 0.717) is 11.5 Å². The van der Waals surface area contributed by atoms with Crippen LogP contribution in [0.3, 0.4) is 0 Å². The summed E-state index contributed by atoms with van der Waals surface area (Å²) in [6, 6.07) is 6.54. The number of hydrogen-bond acceptors (Lipinski definition) is 2. The molecule has 104 valence electrons. The van der Waals surface area contributed by atoms with E-state index < -0.39 is 0 Å². The molecular weight excluding hydrogens is 234 g/mol. The molecule has 2 heteroatoms. The molecule has 1 heterocycles. The second-order valence-corrected chi connectivity index (χ2v) is 6.25. The summed E-state index contributed by atoms with van der Waals surface area (Å²) < 4.78 is 5.63. The zero-order chi connectivity index (χ0) is 13.3. The molecule has 19 heavy (non-hydrogen) atoms. The lowest BCUT2D eigenvalue weighted by Gasteiger charge is -2.45. The molecule has 0 radical (unpaired) electrons. The number of fused-ring (bicyclic) bond motifs is 1. The van der Waals surface area contributed by atoms with Crippen molar-refractivity contribution < 1.29 is 4.74 Å². The van der Waals surface area contributed by atoms with Gasteiger partial charge in [0.05, 0.1) is 6.61 Å². The monoisotopic (exact) mass is 259 g/mol. The fourth-order valence-corrected chi connectivity index (χ4v) is 3.91. The Bertz CT molecular complexity index is 449. The Hall–Kier alpha value is -1.18. The zero-order valence-corrected chi connectivity index (χ0v) is 12.2. The van der Waals surface area contributed by atoms with Crippen molar-refractivity contribution in [1.29, 1.82) is 0 Å². The Morgan fingerprint density at radius 2 is 2.05 bits per heavy atom. The van der Waals surface area contributed by atoms with E-state index in [1.807, 2.05) is 6.92 Å². The minimum Gasteiger partial charge on any atom is -0.494 e. The lowest BCUT2D eigenvalue weighted by atomic mass is 9.72. The summed E-state index contributed by atoms with van der Waals surface area (Å²) in [6.45, 7) is 5.15. The van der Waals surface area contributed by atoms with Gasteiger partial charge in [-0.2, -0.15) is 0 Å². The summed E-state index contributed by atoms with van der Waals surface area (Å²) in [5.41, 5.74) is 3.14. The van der Waals surface area contributed by atoms with Crippen LogP contribution in [-0.4, -0.2) is 12.1 Å². The van der Waals surface area contributed by atoms with Crippen LogP contribution in [0.1, 0.15) is 63.9 Å². The van der Waals surface area contributed by atoms with Crippen LogP contribution in [0.2, 0.25) is 0 Å². The molecule has 1 aliphatic carbocycles. The molecule has 0 saturated heterocycles. The average Bonchev–Trinajstić information content (AvgIpc) is 2.41. The van der Waals surface area contributed by atoms with Crippen LogP contribution >= 0.6 is 0 Å². The highest BCUT2D eigenvalue weighted by Crippen LogP contribution is 2.46. The van der Waals surface area contributed by atoms with E-state index in [9.17, 15) is 0 Å². The van der Waals surface area contributed by atoms with E-state index in [-0.39, 0.29) is 0 Å². The quantitative estimate of drug-likeness (QED) is 0.830. The Balaban J connectivity index is 1.88. The molecule has 1 aromatic carbocycles. The molecule has 0 aromatic heterocycles. The Morgan fingerprint density at radius 3 is 2.79 bits per heavy atom. The van der Waals surface area contributed by atoms with Crippen molar-refractivity contribution in [2.24, 2.45) is 0 Å². The summed E-state index contributed by atoms with van der Waals surface area (Å²) in [7, 11) is 0. The van der Waals surface area contributed by atoms with Crippen molar-refractivity contribution in [2.75, 3.05) is 11.9 Å². The van der Waals surface area contributed by atoms with Crippen molar-refractivity contribution in [2.45, 2.75) is 63.8 Å². The molecule has 1 aliphatic heterocycles. The van der Waals surface area contributed by atoms with Gasteiger partial charge in [-0.15, -0.1) is 0 Å². The van der Waals surface area contributed by atoms with Crippen LogP contribution in [0.4, 0.5) is 5.69 Å². The fraction of sp³-hybridized carbons (Fsp3) is 0.647. The first-order valence-electron chi connectivity index (χ1n) is 7.77. The highest BCUT2D eigenvalue weighted by molar-refractivity contribution is 5.59. The molecule has 2 nitrogen and oxygen atoms in total. The summed E-state index contributed by atoms with van der Waals surface area (Å²) in [5, 5.41) is 3.86. The number of nitrogens with one attached hydrogen (secondary N) is 1. The van der Waals surface area contributed by atoms with E-state index in [0.717, 1.165) is 12.4 Å². The maximum Gasteiger partial charge on any atom is 0.119 e. The number of ether oxygens (including phenoxy) is 1. The van der Waals surface area contributed by atoms with Gasteiger partial charge in [-0.05, 0) is 55.9 Å². The van der Waals surface area contributed by atoms with Crippen LogP contribution in [0.5, 0.6) is 5.75 Å². The van der Waals surface area contributed by atoms with Gasteiger partial charge in [0.2, 0.25) is 0 Å². The van der Waals surface area contributed by atoms with Gasteiger partial charge in [-0.1, -0.05) is 26.2 Å². The third-order valence-electron chi connectivity index (χ3n) is 4.77. The lowest BCUT2D eigenvalue weighted by Crippen LogP contribution is -2.44. The molecule has 0 amide bonds. The third kappa shape index (κ3) is 2.45. The van der Waals surface area contributed by atoms with Crippen molar-refractivity contribution in [1.82, 2.24) is 0 Å². The molecule has 3 rings (SSSR count). The van der Waals surface area contributed by atoms with Crippen LogP contribution in [0.15, 0.2) is 18.2 Å². The fourth-order valence-electron chi connectivity index (χ4n) is 3.91. The lowest BCUT2D eigenvalue weighted by molar-refractivity contribution is 0.281. The van der Waals surface area contributed by atoms with Gasteiger partial charge >= 0.3 is 0 Å². The Labute approximate surface area is 116 Å². The number of hydrogen-bond donors (Lipinski definition) is 1. The minimum atomic E-state index is 0.373. The second-order valence-electron chi connectivity index (χ2n) is 6.25. The van der Waals surface area contributed by atoms with Gasteiger partial charge in [0.25, 0.3) is 0 Å². The van der Waals surface area contributed by atoms with Gasteiger partial charge in [0.15, 0.2) is 0 Å². The first kappa shape index (κ1) is 12.8. The van der Waals surface area contributed by atoms with Crippen LogP contribution in [0, 0.1) is 0 Å². The summed E-state index contributed by atoms with van der Waals surface area (Å²) in [5.74, 6) is 1.64. The van der Waals surface area contributed by atoms with Crippen molar-refractivity contribution in [3.8, 4) is 5.75 Å². The van der Waals surface area contributed by atoms with Gasteiger partial charge in [0, 0.05) is 11.2 Å². The maximum absolute atomic E-state index is 5.63. The second kappa shape index (κ2) is 5.07. The minimum absolute atomic E-state index is 0.373. The van der Waals surface area contributed by atoms with Gasteiger partial charge < -0.3 is 10.1 Å². The van der Waals surface area contributed by atoms with E-state index in [1.54, 1.807) is 0 Å². The molecule has 1 atom stereocenters. The number of benzene rings is 1. The van der Waals surface area contributed by atoms with E-state index >= 15 is 0 Å². The van der Waals surface area contributed by atoms with Crippen molar-refractivity contribution >= 4 is 5.69 Å². The standard InChI is InChI=1S/C17H25NO/c1-3-19-14-7-8-16-15(11-14)13(2)12-17(18-16)9-5-4-6-10-17/h7-8,11,13,18H,3-6,9-10,12H2,1-2H3. The number of anilines is 1. The molecule has 2 aliphatic rings. The molecule has 1 saturated carbocycles. The van der Waals surface area contributed by atoms with Gasteiger partial charge in [-0.25, -0.2) is 0 Å². The highest BCUT2D eigenvalue weighted by Gasteiger charge is 2.37. The molecule has 1 unspecified atom stereocenters. The highest BCUT2D eigenvalue weighted by atomic mass is 16.5. The van der Waals surface area contributed by atoms with Crippen LogP contribution < -0.4 is 10.1 Å². The molecule has 1 N–H and O–H groups in total. The predicted molar refractivity (Wildman–Crippen MR) is 80.1 cm³/mol. The van der Waals surface area contributed by atoms with Crippen LogP contribution in [-0.2, 0) is 0 Å². The average molecular weight is 259 g/mol. The topological polar surface area (TPSA) is 21.3 Å². The first-order valence-corrected chi connectivity index (χ1v) is 7.77. The first-order chi connectivity index (χ1) is 9.22. The van der Waals surface area contributed by atoms with E-state index in [4.69, 9.17) is 4.74 Å². The molecular formula is C17H25NO. The molecule has 1 aromatic rings. The maximum atomic E-state index is 5.63. The van der Waals surface area contributed by atoms with Gasteiger partial charge in [-0.3, -0.25) is 0 Å². The zero-order valence-electron chi connectivity index (χ0n) is 12.2. The summed E-state index contributed by atoms with van der Waals surface area (Å²) in [4.78, 5) is 0.